The molecule has 0 aliphatic rings. The molecule has 3 rings (SSSR count). The highest BCUT2D eigenvalue weighted by Crippen LogP contribution is 2.39. The van der Waals surface area contributed by atoms with Gasteiger partial charge < -0.3 is 10.1 Å². The topological polar surface area (TPSA) is 90.2 Å². The summed E-state index contributed by atoms with van der Waals surface area (Å²) in [6.07, 6.45) is -3.71. The van der Waals surface area contributed by atoms with Crippen molar-refractivity contribution < 1.29 is 22.8 Å². The van der Waals surface area contributed by atoms with Gasteiger partial charge in [-0.3, -0.25) is 10.1 Å². The van der Waals surface area contributed by atoms with Crippen molar-refractivity contribution in [3.63, 3.8) is 0 Å². The normalized spacial score (nSPS) is 11.2. The monoisotopic (exact) mass is 424 g/mol. The molecule has 0 spiro atoms. The second-order valence-corrected chi connectivity index (χ2v) is 6.22. The van der Waals surface area contributed by atoms with Crippen LogP contribution < -0.4 is 10.1 Å². The number of benzene rings is 2. The predicted octanol–water partition coefficient (Wildman–Crippen LogP) is 5.90. The number of anilines is 2. The molecule has 0 unspecified atom stereocenters. The third-order valence-electron chi connectivity index (χ3n) is 3.80. The quantitative estimate of drug-likeness (QED) is 0.405. The van der Waals surface area contributed by atoms with Crippen LogP contribution in [-0.4, -0.2) is 14.9 Å². The van der Waals surface area contributed by atoms with Gasteiger partial charge in [0.1, 0.15) is 12.1 Å². The molecule has 0 bridgehead atoms. The van der Waals surface area contributed by atoms with Crippen molar-refractivity contribution in [2.24, 2.45) is 0 Å². The van der Waals surface area contributed by atoms with Crippen molar-refractivity contribution in [1.82, 2.24) is 9.97 Å². The first kappa shape index (κ1) is 20.3. The maximum atomic E-state index is 13.2. The second kappa shape index (κ2) is 7.92. The van der Waals surface area contributed by atoms with Gasteiger partial charge in [0, 0.05) is 5.02 Å². The number of nitrogens with one attached hydrogen (secondary N) is 1. The van der Waals surface area contributed by atoms with E-state index in [1.165, 1.54) is 24.3 Å². The summed E-state index contributed by atoms with van der Waals surface area (Å²) in [7, 11) is 0. The Bertz CT molecular complexity index is 1080. The lowest BCUT2D eigenvalue weighted by Crippen LogP contribution is -2.10. The fraction of sp³-hybridized carbons (Fsp3) is 0.111. The van der Waals surface area contributed by atoms with Crippen molar-refractivity contribution in [2.75, 3.05) is 5.32 Å². The number of aromatic nitrogens is 2. The van der Waals surface area contributed by atoms with Gasteiger partial charge in [0.15, 0.2) is 0 Å². The van der Waals surface area contributed by atoms with E-state index >= 15 is 0 Å². The Morgan fingerprint density at radius 3 is 2.55 bits per heavy atom. The van der Waals surface area contributed by atoms with E-state index in [4.69, 9.17) is 16.3 Å². The van der Waals surface area contributed by atoms with Crippen LogP contribution in [0.2, 0.25) is 5.02 Å². The minimum atomic E-state index is -4.66. The summed E-state index contributed by atoms with van der Waals surface area (Å²) in [6, 6.07) is 9.12. The molecule has 150 valence electrons. The minimum Gasteiger partial charge on any atom is -0.434 e. The average molecular weight is 425 g/mol. The van der Waals surface area contributed by atoms with Crippen molar-refractivity contribution in [1.29, 1.82) is 0 Å². The molecular formula is C18H12ClF3N4O3. The van der Waals surface area contributed by atoms with Gasteiger partial charge in [-0.25, -0.2) is 4.98 Å². The molecule has 29 heavy (non-hydrogen) atoms. The van der Waals surface area contributed by atoms with Crippen LogP contribution in [-0.2, 0) is 6.18 Å². The van der Waals surface area contributed by atoms with Crippen LogP contribution in [0.15, 0.2) is 48.8 Å². The lowest BCUT2D eigenvalue weighted by molar-refractivity contribution is -0.385. The summed E-state index contributed by atoms with van der Waals surface area (Å²) >= 11 is 5.94. The Morgan fingerprint density at radius 2 is 1.90 bits per heavy atom. The smallest absolute Gasteiger partial charge is 0.418 e. The molecule has 3 aromatic rings. The van der Waals surface area contributed by atoms with Gasteiger partial charge >= 0.3 is 17.7 Å². The standard InChI is InChI=1S/C18H12ClF3N4O3/c1-10-8-11(6-7-13(10)19)29-17-15(26(27)28)16(23-9-24-17)25-14-5-3-2-4-12(14)18(20,21)22/h2-9H,1H3,(H,23,24,25). The summed E-state index contributed by atoms with van der Waals surface area (Å²) in [5, 5.41) is 14.4. The Morgan fingerprint density at radius 1 is 1.17 bits per heavy atom. The van der Waals surface area contributed by atoms with Gasteiger partial charge in [-0.1, -0.05) is 23.7 Å². The van der Waals surface area contributed by atoms with E-state index in [0.29, 0.717) is 10.6 Å². The van der Waals surface area contributed by atoms with Gasteiger partial charge in [-0.05, 0) is 42.8 Å². The van der Waals surface area contributed by atoms with E-state index in [9.17, 15) is 23.3 Å². The molecule has 0 amide bonds. The van der Waals surface area contributed by atoms with E-state index in [-0.39, 0.29) is 5.75 Å². The highest BCUT2D eigenvalue weighted by atomic mass is 35.5. The second-order valence-electron chi connectivity index (χ2n) is 5.81. The number of halogens is 4. The number of rotatable bonds is 5. The lowest BCUT2D eigenvalue weighted by atomic mass is 10.1. The number of alkyl halides is 3. The molecule has 0 radical (unpaired) electrons. The van der Waals surface area contributed by atoms with E-state index in [1.54, 1.807) is 13.0 Å². The average Bonchev–Trinajstić information content (AvgIpc) is 2.64. The zero-order valence-electron chi connectivity index (χ0n) is 14.7. The summed E-state index contributed by atoms with van der Waals surface area (Å²) in [6.45, 7) is 1.71. The first-order valence-electron chi connectivity index (χ1n) is 8.03. The molecule has 0 fully saturated rings. The fourth-order valence-electron chi connectivity index (χ4n) is 2.45. The molecular weight excluding hydrogens is 413 g/mol. The molecule has 0 saturated carbocycles. The maximum Gasteiger partial charge on any atom is 0.418 e. The lowest BCUT2D eigenvalue weighted by Gasteiger charge is -2.14. The van der Waals surface area contributed by atoms with Crippen LogP contribution >= 0.6 is 11.6 Å². The SMILES string of the molecule is Cc1cc(Oc2ncnc(Nc3ccccc3C(F)(F)F)c2[N+](=O)[O-])ccc1Cl. The number of hydrogen-bond donors (Lipinski definition) is 1. The molecule has 11 heteroatoms. The van der Waals surface area contributed by atoms with Crippen molar-refractivity contribution in [2.45, 2.75) is 13.1 Å². The van der Waals surface area contributed by atoms with Crippen LogP contribution in [0, 0.1) is 17.0 Å². The molecule has 7 nitrogen and oxygen atoms in total. The van der Waals surface area contributed by atoms with E-state index < -0.39 is 39.7 Å². The molecule has 0 aliphatic heterocycles. The molecule has 0 aliphatic carbocycles. The van der Waals surface area contributed by atoms with Gasteiger partial charge in [0.2, 0.25) is 5.82 Å². The number of ether oxygens (including phenoxy) is 1. The van der Waals surface area contributed by atoms with Crippen molar-refractivity contribution in [3.05, 3.63) is 75.1 Å². The molecule has 0 atom stereocenters. The Labute approximate surface area is 167 Å². The first-order valence-corrected chi connectivity index (χ1v) is 8.41. The first-order chi connectivity index (χ1) is 13.7. The van der Waals surface area contributed by atoms with Crippen LogP contribution in [0.3, 0.4) is 0 Å². The fourth-order valence-corrected chi connectivity index (χ4v) is 2.57. The molecule has 2 aromatic carbocycles. The number of para-hydroxylation sites is 1. The van der Waals surface area contributed by atoms with Crippen LogP contribution in [0.25, 0.3) is 0 Å². The number of nitrogens with zero attached hydrogens (tertiary/aromatic N) is 3. The van der Waals surface area contributed by atoms with Crippen LogP contribution in [0.1, 0.15) is 11.1 Å². The van der Waals surface area contributed by atoms with Crippen LogP contribution in [0.5, 0.6) is 11.6 Å². The third kappa shape index (κ3) is 4.54. The Hall–Kier alpha value is -3.40. The van der Waals surface area contributed by atoms with Crippen LogP contribution in [0.4, 0.5) is 30.4 Å². The molecule has 0 saturated heterocycles. The van der Waals surface area contributed by atoms with Gasteiger partial charge in [0.25, 0.3) is 0 Å². The molecule has 1 N–H and O–H groups in total. The zero-order valence-corrected chi connectivity index (χ0v) is 15.5. The summed E-state index contributed by atoms with van der Waals surface area (Å²) in [5.74, 6) is -0.656. The zero-order chi connectivity index (χ0) is 21.2. The van der Waals surface area contributed by atoms with E-state index in [1.807, 2.05) is 0 Å². The Balaban J connectivity index is 2.02. The third-order valence-corrected chi connectivity index (χ3v) is 4.22. The minimum absolute atomic E-state index is 0.218. The molecule has 1 aromatic heterocycles. The van der Waals surface area contributed by atoms with Crippen molar-refractivity contribution in [3.8, 4) is 11.6 Å². The van der Waals surface area contributed by atoms with E-state index in [0.717, 1.165) is 18.5 Å². The molecule has 1 heterocycles. The Kier molecular flexibility index (Phi) is 5.55. The van der Waals surface area contributed by atoms with Gasteiger partial charge in [0.05, 0.1) is 16.2 Å². The largest absolute Gasteiger partial charge is 0.434 e. The highest BCUT2D eigenvalue weighted by molar-refractivity contribution is 6.31. The van der Waals surface area contributed by atoms with Crippen molar-refractivity contribution >= 4 is 28.8 Å². The predicted molar refractivity (Wildman–Crippen MR) is 99.7 cm³/mol. The highest BCUT2D eigenvalue weighted by Gasteiger charge is 2.34. The summed E-state index contributed by atoms with van der Waals surface area (Å²) in [5.41, 5.74) is -1.44. The summed E-state index contributed by atoms with van der Waals surface area (Å²) < 4.78 is 45.1. The summed E-state index contributed by atoms with van der Waals surface area (Å²) in [4.78, 5) is 18.2. The van der Waals surface area contributed by atoms with Gasteiger partial charge in [-0.2, -0.15) is 18.2 Å². The van der Waals surface area contributed by atoms with Gasteiger partial charge in [-0.15, -0.1) is 0 Å². The number of aryl methyl sites for hydroxylation is 1. The maximum absolute atomic E-state index is 13.2. The van der Waals surface area contributed by atoms with E-state index in [2.05, 4.69) is 15.3 Å². The number of nitro groups is 1. The number of hydrogen-bond acceptors (Lipinski definition) is 6.